The van der Waals surface area contributed by atoms with Crippen LogP contribution < -0.4 is 5.32 Å². The van der Waals surface area contributed by atoms with E-state index in [1.165, 1.54) is 11.3 Å². The molecule has 126 valence electrons. The lowest BCUT2D eigenvalue weighted by Crippen LogP contribution is -2.15. The summed E-state index contributed by atoms with van der Waals surface area (Å²) in [5.41, 5.74) is 3.66. The molecule has 1 heterocycles. The smallest absolute Gasteiger partial charge is 0.309 e. The zero-order valence-corrected chi connectivity index (χ0v) is 14.6. The molecule has 1 fully saturated rings. The largest absolute Gasteiger partial charge is 0.459 e. The molecule has 0 unspecified atom stereocenters. The second-order valence-corrected chi connectivity index (χ2v) is 7.10. The molecule has 3 rings (SSSR count). The first-order valence-electron chi connectivity index (χ1n) is 7.98. The van der Waals surface area contributed by atoms with E-state index >= 15 is 0 Å². The molecule has 1 amide bonds. The van der Waals surface area contributed by atoms with Gasteiger partial charge in [0.05, 0.1) is 18.0 Å². The van der Waals surface area contributed by atoms with E-state index < -0.39 is 0 Å². The van der Waals surface area contributed by atoms with Gasteiger partial charge in [0.2, 0.25) is 5.91 Å². The fourth-order valence-corrected chi connectivity index (χ4v) is 3.06. The maximum Gasteiger partial charge on any atom is 0.309 e. The molecule has 1 aliphatic rings. The average Bonchev–Trinajstić information content (AvgIpc) is 3.30. The van der Waals surface area contributed by atoms with Gasteiger partial charge in [-0.05, 0) is 43.9 Å². The van der Waals surface area contributed by atoms with Crippen LogP contribution in [-0.4, -0.2) is 16.9 Å². The quantitative estimate of drug-likeness (QED) is 0.816. The van der Waals surface area contributed by atoms with E-state index in [1.807, 2.05) is 37.4 Å². The van der Waals surface area contributed by atoms with Gasteiger partial charge < -0.3 is 10.1 Å². The molecule has 5 nitrogen and oxygen atoms in total. The van der Waals surface area contributed by atoms with Gasteiger partial charge in [0, 0.05) is 11.1 Å². The maximum absolute atomic E-state index is 12.2. The van der Waals surface area contributed by atoms with Gasteiger partial charge in [-0.3, -0.25) is 9.59 Å². The molecule has 0 aliphatic heterocycles. The summed E-state index contributed by atoms with van der Waals surface area (Å²) < 4.78 is 5.20. The van der Waals surface area contributed by atoms with Gasteiger partial charge in [0.15, 0.2) is 0 Å². The van der Waals surface area contributed by atoms with Crippen LogP contribution in [0.4, 0.5) is 5.69 Å². The van der Waals surface area contributed by atoms with Gasteiger partial charge in [0.25, 0.3) is 0 Å². The van der Waals surface area contributed by atoms with Crippen LogP contribution in [-0.2, 0) is 27.4 Å². The molecule has 0 spiro atoms. The van der Waals surface area contributed by atoms with Crippen LogP contribution in [0.25, 0.3) is 0 Å². The summed E-state index contributed by atoms with van der Waals surface area (Å²) in [5.74, 6) is -0.150. The Morgan fingerprint density at radius 2 is 2.12 bits per heavy atom. The van der Waals surface area contributed by atoms with Crippen LogP contribution in [0.1, 0.15) is 34.7 Å². The first-order chi connectivity index (χ1) is 11.5. The normalized spacial score (nSPS) is 13.6. The molecule has 24 heavy (non-hydrogen) atoms. The topological polar surface area (TPSA) is 68.3 Å². The van der Waals surface area contributed by atoms with Crippen LogP contribution in [0.15, 0.2) is 23.6 Å². The third-order valence-electron chi connectivity index (χ3n) is 3.85. The highest BCUT2D eigenvalue weighted by Crippen LogP contribution is 2.30. The summed E-state index contributed by atoms with van der Waals surface area (Å²) in [7, 11) is 0. The average molecular weight is 344 g/mol. The molecule has 0 atom stereocenters. The van der Waals surface area contributed by atoms with Gasteiger partial charge in [-0.2, -0.15) is 0 Å². The van der Waals surface area contributed by atoms with Crippen LogP contribution >= 0.6 is 11.3 Å². The van der Waals surface area contributed by atoms with Gasteiger partial charge in [0.1, 0.15) is 11.6 Å². The van der Waals surface area contributed by atoms with Crippen molar-refractivity contribution < 1.29 is 14.3 Å². The van der Waals surface area contributed by atoms with Crippen molar-refractivity contribution in [2.75, 3.05) is 5.32 Å². The number of benzene rings is 1. The fraction of sp³-hybridized carbons (Fsp3) is 0.389. The van der Waals surface area contributed by atoms with Crippen molar-refractivity contribution in [1.29, 1.82) is 0 Å². The number of aryl methyl sites for hydroxylation is 2. The zero-order valence-electron chi connectivity index (χ0n) is 13.8. The summed E-state index contributed by atoms with van der Waals surface area (Å²) >= 11 is 1.41. The second-order valence-electron chi connectivity index (χ2n) is 6.16. The van der Waals surface area contributed by atoms with E-state index in [4.69, 9.17) is 4.74 Å². The number of rotatable bonds is 6. The number of ether oxygens (including phenoxy) is 1. The van der Waals surface area contributed by atoms with Crippen molar-refractivity contribution in [3.8, 4) is 0 Å². The van der Waals surface area contributed by atoms with Crippen molar-refractivity contribution in [3.63, 3.8) is 0 Å². The SMILES string of the molecule is Cc1ccc(C)c(NC(=O)Cc2nc(COC(=O)C3CC3)cs2)c1. The summed E-state index contributed by atoms with van der Waals surface area (Å²) in [6.45, 7) is 4.14. The minimum absolute atomic E-state index is 0.0893. The molecule has 0 bridgehead atoms. The third-order valence-corrected chi connectivity index (χ3v) is 4.75. The van der Waals surface area contributed by atoms with Gasteiger partial charge in [-0.1, -0.05) is 12.1 Å². The molecular formula is C18H20N2O3S. The number of hydrogen-bond donors (Lipinski definition) is 1. The molecule has 1 aromatic carbocycles. The molecule has 1 aliphatic carbocycles. The fourth-order valence-electron chi connectivity index (χ4n) is 2.28. The molecule has 0 saturated heterocycles. The van der Waals surface area contributed by atoms with Crippen LogP contribution in [0.2, 0.25) is 0 Å². The summed E-state index contributed by atoms with van der Waals surface area (Å²) in [5, 5.41) is 5.48. The number of carbonyl (C=O) groups excluding carboxylic acids is 2. The van der Waals surface area contributed by atoms with Gasteiger partial charge >= 0.3 is 5.97 Å². The van der Waals surface area contributed by atoms with Crippen LogP contribution in [0, 0.1) is 19.8 Å². The molecular weight excluding hydrogens is 324 g/mol. The number of nitrogens with zero attached hydrogens (tertiary/aromatic N) is 1. The number of amides is 1. The number of esters is 1. The van der Waals surface area contributed by atoms with Gasteiger partial charge in [-0.15, -0.1) is 11.3 Å². The third kappa shape index (κ3) is 4.41. The highest BCUT2D eigenvalue weighted by Gasteiger charge is 2.31. The number of anilines is 1. The lowest BCUT2D eigenvalue weighted by atomic mass is 10.1. The minimum atomic E-state index is -0.141. The number of carbonyl (C=O) groups is 2. The van der Waals surface area contributed by atoms with Crippen molar-refractivity contribution in [1.82, 2.24) is 4.98 Å². The summed E-state index contributed by atoms with van der Waals surface area (Å²) in [6.07, 6.45) is 2.08. The Balaban J connectivity index is 1.52. The Morgan fingerprint density at radius 3 is 2.88 bits per heavy atom. The Hall–Kier alpha value is -2.21. The molecule has 1 saturated carbocycles. The maximum atomic E-state index is 12.2. The van der Waals surface area contributed by atoms with E-state index in [2.05, 4.69) is 10.3 Å². The Bertz CT molecular complexity index is 765. The van der Waals surface area contributed by atoms with E-state index in [0.717, 1.165) is 34.7 Å². The molecule has 2 aromatic rings. The van der Waals surface area contributed by atoms with E-state index in [-0.39, 0.29) is 30.8 Å². The lowest BCUT2D eigenvalue weighted by Gasteiger charge is -2.08. The van der Waals surface area contributed by atoms with Crippen molar-refractivity contribution in [2.45, 2.75) is 39.7 Å². The van der Waals surface area contributed by atoms with Crippen LogP contribution in [0.3, 0.4) is 0 Å². The lowest BCUT2D eigenvalue weighted by molar-refractivity contribution is -0.146. The predicted molar refractivity (Wildman–Crippen MR) is 92.9 cm³/mol. The minimum Gasteiger partial charge on any atom is -0.459 e. The molecule has 6 heteroatoms. The zero-order chi connectivity index (χ0) is 17.1. The Labute approximate surface area is 145 Å². The summed E-state index contributed by atoms with van der Waals surface area (Å²) in [4.78, 5) is 28.1. The Kier molecular flexibility index (Phi) is 4.94. The standard InChI is InChI=1S/C18H20N2O3S/c1-11-3-4-12(2)15(7-11)20-16(21)8-17-19-14(10-24-17)9-23-18(22)13-5-6-13/h3-4,7,10,13H,5-6,8-9H2,1-2H3,(H,20,21). The number of hydrogen-bond acceptors (Lipinski definition) is 5. The van der Waals surface area contributed by atoms with Gasteiger partial charge in [-0.25, -0.2) is 4.98 Å². The van der Waals surface area contributed by atoms with E-state index in [1.54, 1.807) is 0 Å². The number of thiazole rings is 1. The molecule has 1 N–H and O–H groups in total. The van der Waals surface area contributed by atoms with Crippen molar-refractivity contribution in [2.24, 2.45) is 5.92 Å². The first kappa shape index (κ1) is 16.6. The van der Waals surface area contributed by atoms with Crippen LogP contribution in [0.5, 0.6) is 0 Å². The van der Waals surface area contributed by atoms with E-state index in [0.29, 0.717) is 5.69 Å². The van der Waals surface area contributed by atoms with Crippen molar-refractivity contribution >= 4 is 28.9 Å². The molecule has 0 radical (unpaired) electrons. The first-order valence-corrected chi connectivity index (χ1v) is 8.86. The summed E-state index contributed by atoms with van der Waals surface area (Å²) in [6, 6.07) is 5.96. The monoisotopic (exact) mass is 344 g/mol. The second kappa shape index (κ2) is 7.13. The predicted octanol–water partition coefficient (Wildman–Crippen LogP) is 3.39. The van der Waals surface area contributed by atoms with E-state index in [9.17, 15) is 9.59 Å². The Morgan fingerprint density at radius 1 is 1.33 bits per heavy atom. The highest BCUT2D eigenvalue weighted by atomic mass is 32.1. The molecule has 1 aromatic heterocycles. The number of aromatic nitrogens is 1. The van der Waals surface area contributed by atoms with Crippen molar-refractivity contribution in [3.05, 3.63) is 45.4 Å². The number of nitrogens with one attached hydrogen (secondary N) is 1. The highest BCUT2D eigenvalue weighted by molar-refractivity contribution is 7.09.